The quantitative estimate of drug-likeness (QED) is 0.815. The molecule has 0 aliphatic carbocycles. The zero-order valence-electron chi connectivity index (χ0n) is 15.4. The minimum atomic E-state index is -3.12. The van der Waals surface area contributed by atoms with Crippen LogP contribution < -0.4 is 5.32 Å². The molecule has 1 atom stereocenters. The molecule has 26 heavy (non-hydrogen) atoms. The fraction of sp³-hybridized carbons (Fsp3) is 0.632. The summed E-state index contributed by atoms with van der Waals surface area (Å²) in [5, 5.41) is 3.16. The number of likely N-dealkylation sites (tertiary alicyclic amines) is 1. The van der Waals surface area contributed by atoms with Gasteiger partial charge in [0.05, 0.1) is 11.8 Å². The van der Waals surface area contributed by atoms with Crippen molar-refractivity contribution in [3.8, 4) is 0 Å². The van der Waals surface area contributed by atoms with Crippen LogP contribution in [-0.2, 0) is 21.4 Å². The Hall–Kier alpha value is -1.44. The SMILES string of the molecule is CCS(=O)(=O)N1CCC(NC(=O)C2CCCN2Cc2ccccc2)CC1. The van der Waals surface area contributed by atoms with Crippen LogP contribution in [-0.4, -0.2) is 61.0 Å². The highest BCUT2D eigenvalue weighted by atomic mass is 32.2. The molecule has 0 saturated carbocycles. The second-order valence-corrected chi connectivity index (χ2v) is 9.45. The fourth-order valence-corrected chi connectivity index (χ4v) is 5.02. The number of nitrogens with one attached hydrogen (secondary N) is 1. The molecule has 0 bridgehead atoms. The molecule has 144 valence electrons. The van der Waals surface area contributed by atoms with Crippen molar-refractivity contribution in [3.05, 3.63) is 35.9 Å². The highest BCUT2D eigenvalue weighted by Crippen LogP contribution is 2.21. The van der Waals surface area contributed by atoms with E-state index < -0.39 is 10.0 Å². The zero-order chi connectivity index (χ0) is 18.6. The highest BCUT2D eigenvalue weighted by Gasteiger charge is 2.33. The number of hydrogen-bond acceptors (Lipinski definition) is 4. The first-order chi connectivity index (χ1) is 12.5. The van der Waals surface area contributed by atoms with Gasteiger partial charge in [0.2, 0.25) is 15.9 Å². The van der Waals surface area contributed by atoms with Gasteiger partial charge in [0.1, 0.15) is 0 Å². The molecular weight excluding hydrogens is 350 g/mol. The van der Waals surface area contributed by atoms with Crippen molar-refractivity contribution in [3.63, 3.8) is 0 Å². The van der Waals surface area contributed by atoms with Crippen molar-refractivity contribution >= 4 is 15.9 Å². The van der Waals surface area contributed by atoms with Crippen molar-refractivity contribution in [1.82, 2.24) is 14.5 Å². The molecule has 2 aliphatic heterocycles. The predicted octanol–water partition coefficient (Wildman–Crippen LogP) is 1.58. The monoisotopic (exact) mass is 379 g/mol. The normalized spacial score (nSPS) is 23.2. The van der Waals surface area contributed by atoms with Crippen LogP contribution >= 0.6 is 0 Å². The highest BCUT2D eigenvalue weighted by molar-refractivity contribution is 7.89. The minimum Gasteiger partial charge on any atom is -0.352 e. The van der Waals surface area contributed by atoms with Gasteiger partial charge in [0.15, 0.2) is 0 Å². The summed E-state index contributed by atoms with van der Waals surface area (Å²) in [6.45, 7) is 4.41. The summed E-state index contributed by atoms with van der Waals surface area (Å²) in [5.74, 6) is 0.232. The molecule has 1 aromatic carbocycles. The first-order valence-corrected chi connectivity index (χ1v) is 11.2. The van der Waals surface area contributed by atoms with Crippen LogP contribution in [0.3, 0.4) is 0 Å². The predicted molar refractivity (Wildman–Crippen MR) is 102 cm³/mol. The molecule has 1 N–H and O–H groups in total. The molecule has 3 rings (SSSR count). The maximum absolute atomic E-state index is 12.8. The molecule has 1 amide bonds. The lowest BCUT2D eigenvalue weighted by molar-refractivity contribution is -0.126. The number of rotatable bonds is 6. The number of benzene rings is 1. The van der Waals surface area contributed by atoms with Gasteiger partial charge in [-0.05, 0) is 44.7 Å². The van der Waals surface area contributed by atoms with E-state index in [4.69, 9.17) is 0 Å². The van der Waals surface area contributed by atoms with E-state index in [0.717, 1.165) is 25.9 Å². The third-order valence-electron chi connectivity index (χ3n) is 5.45. The van der Waals surface area contributed by atoms with E-state index in [9.17, 15) is 13.2 Å². The van der Waals surface area contributed by atoms with Crippen LogP contribution in [0.15, 0.2) is 30.3 Å². The van der Waals surface area contributed by atoms with E-state index in [-0.39, 0.29) is 23.7 Å². The van der Waals surface area contributed by atoms with Crippen molar-refractivity contribution in [2.45, 2.75) is 51.2 Å². The molecule has 2 heterocycles. The van der Waals surface area contributed by atoms with Gasteiger partial charge in [-0.25, -0.2) is 12.7 Å². The maximum Gasteiger partial charge on any atom is 0.237 e. The molecule has 2 fully saturated rings. The summed E-state index contributed by atoms with van der Waals surface area (Å²) in [4.78, 5) is 15.0. The largest absolute Gasteiger partial charge is 0.352 e. The molecule has 7 heteroatoms. The van der Waals surface area contributed by atoms with Gasteiger partial charge in [0.25, 0.3) is 0 Å². The Morgan fingerprint density at radius 1 is 1.12 bits per heavy atom. The van der Waals surface area contributed by atoms with Gasteiger partial charge >= 0.3 is 0 Å². The van der Waals surface area contributed by atoms with E-state index in [1.165, 1.54) is 5.56 Å². The first kappa shape index (κ1) is 19.3. The molecule has 2 aliphatic rings. The van der Waals surface area contributed by atoms with E-state index in [1.807, 2.05) is 18.2 Å². The summed E-state index contributed by atoms with van der Waals surface area (Å²) in [5.41, 5.74) is 1.23. The molecule has 6 nitrogen and oxygen atoms in total. The second-order valence-electron chi connectivity index (χ2n) is 7.20. The first-order valence-electron chi connectivity index (χ1n) is 9.56. The van der Waals surface area contributed by atoms with Crippen LogP contribution in [0.2, 0.25) is 0 Å². The Kier molecular flexibility index (Phi) is 6.32. The van der Waals surface area contributed by atoms with Gasteiger partial charge in [-0.3, -0.25) is 9.69 Å². The van der Waals surface area contributed by atoms with Crippen LogP contribution in [0.4, 0.5) is 0 Å². The molecule has 2 saturated heterocycles. The van der Waals surface area contributed by atoms with E-state index in [2.05, 4.69) is 22.3 Å². The molecular formula is C19H29N3O3S. The Morgan fingerprint density at radius 2 is 1.81 bits per heavy atom. The Bertz CT molecular complexity index is 700. The van der Waals surface area contributed by atoms with Crippen LogP contribution in [0.25, 0.3) is 0 Å². The third-order valence-corrected chi connectivity index (χ3v) is 7.33. The molecule has 1 aromatic rings. The molecule has 1 unspecified atom stereocenters. The van der Waals surface area contributed by atoms with Crippen LogP contribution in [0.1, 0.15) is 38.2 Å². The third kappa shape index (κ3) is 4.64. The van der Waals surface area contributed by atoms with Crippen LogP contribution in [0.5, 0.6) is 0 Å². The average Bonchev–Trinajstić information content (AvgIpc) is 3.11. The van der Waals surface area contributed by atoms with Crippen LogP contribution in [0, 0.1) is 0 Å². The minimum absolute atomic E-state index is 0.0741. The average molecular weight is 380 g/mol. The number of sulfonamides is 1. The Balaban J connectivity index is 1.52. The number of amides is 1. The number of hydrogen-bond donors (Lipinski definition) is 1. The fourth-order valence-electron chi connectivity index (χ4n) is 3.89. The number of carbonyl (C=O) groups excluding carboxylic acids is 1. The van der Waals surface area contributed by atoms with Crippen molar-refractivity contribution in [1.29, 1.82) is 0 Å². The lowest BCUT2D eigenvalue weighted by Gasteiger charge is -2.33. The number of nitrogens with zero attached hydrogens (tertiary/aromatic N) is 2. The van der Waals surface area contributed by atoms with Crippen molar-refractivity contribution in [2.75, 3.05) is 25.4 Å². The van der Waals surface area contributed by atoms with Gasteiger partial charge in [-0.2, -0.15) is 0 Å². The van der Waals surface area contributed by atoms with Gasteiger partial charge in [-0.15, -0.1) is 0 Å². The van der Waals surface area contributed by atoms with E-state index in [0.29, 0.717) is 25.9 Å². The standard InChI is InChI=1S/C19H29N3O3S/c1-2-26(24,25)22-13-10-17(11-14-22)20-19(23)18-9-6-12-21(18)15-16-7-4-3-5-8-16/h3-5,7-8,17-18H,2,6,9-15H2,1H3,(H,20,23). The summed E-state index contributed by atoms with van der Waals surface area (Å²) in [7, 11) is -3.12. The molecule has 0 spiro atoms. The Labute approximate surface area is 156 Å². The number of piperidine rings is 1. The van der Waals surface area contributed by atoms with Gasteiger partial charge in [0, 0.05) is 25.7 Å². The summed E-state index contributed by atoms with van der Waals surface area (Å²) in [6, 6.07) is 10.2. The summed E-state index contributed by atoms with van der Waals surface area (Å²) >= 11 is 0. The van der Waals surface area contributed by atoms with Crippen molar-refractivity contribution in [2.24, 2.45) is 0 Å². The van der Waals surface area contributed by atoms with Crippen molar-refractivity contribution < 1.29 is 13.2 Å². The van der Waals surface area contributed by atoms with Gasteiger partial charge in [-0.1, -0.05) is 30.3 Å². The maximum atomic E-state index is 12.8. The lowest BCUT2D eigenvalue weighted by atomic mass is 10.1. The number of carbonyl (C=O) groups is 1. The van der Waals surface area contributed by atoms with E-state index in [1.54, 1.807) is 11.2 Å². The Morgan fingerprint density at radius 3 is 2.46 bits per heavy atom. The zero-order valence-corrected chi connectivity index (χ0v) is 16.2. The molecule has 0 radical (unpaired) electrons. The summed E-state index contributed by atoms with van der Waals surface area (Å²) in [6.07, 6.45) is 3.31. The second kappa shape index (κ2) is 8.50. The van der Waals surface area contributed by atoms with E-state index >= 15 is 0 Å². The summed E-state index contributed by atoms with van der Waals surface area (Å²) < 4.78 is 25.4. The molecule has 0 aromatic heterocycles. The lowest BCUT2D eigenvalue weighted by Crippen LogP contribution is -2.51. The smallest absolute Gasteiger partial charge is 0.237 e. The van der Waals surface area contributed by atoms with Gasteiger partial charge < -0.3 is 5.32 Å². The topological polar surface area (TPSA) is 69.7 Å².